The summed E-state index contributed by atoms with van der Waals surface area (Å²) in [7, 11) is 0. The summed E-state index contributed by atoms with van der Waals surface area (Å²) in [4.78, 5) is 0. The second kappa shape index (κ2) is 4.05. The van der Waals surface area contributed by atoms with Gasteiger partial charge < -0.3 is 15.2 Å². The lowest BCUT2D eigenvalue weighted by Gasteiger charge is -2.19. The van der Waals surface area contributed by atoms with Crippen LogP contribution in [0.25, 0.3) is 11.3 Å². The summed E-state index contributed by atoms with van der Waals surface area (Å²) < 4.78 is 11.6. The number of nitrogens with two attached hydrogens (primary N) is 1. The van der Waals surface area contributed by atoms with Gasteiger partial charge in [0.2, 0.25) is 0 Å². The van der Waals surface area contributed by atoms with Gasteiger partial charge in [-0.2, -0.15) is 5.10 Å². The van der Waals surface area contributed by atoms with Crippen LogP contribution in [0.5, 0.6) is 5.75 Å². The molecule has 0 aliphatic carbocycles. The molecule has 0 fully saturated rings. The molecule has 5 nitrogen and oxygen atoms in total. The van der Waals surface area contributed by atoms with Crippen LogP contribution in [0.15, 0.2) is 22.7 Å². The molecule has 2 heterocycles. The van der Waals surface area contributed by atoms with Crippen molar-refractivity contribution in [3.63, 3.8) is 0 Å². The van der Waals surface area contributed by atoms with Gasteiger partial charge in [0.05, 0.1) is 12.3 Å². The SMILES string of the molecule is Nc1cc(-c2cc3c(cc2Br)COCO3)[nH]n1. The van der Waals surface area contributed by atoms with Crippen molar-refractivity contribution >= 4 is 21.7 Å². The van der Waals surface area contributed by atoms with Crippen LogP contribution >= 0.6 is 15.9 Å². The van der Waals surface area contributed by atoms with E-state index in [9.17, 15) is 0 Å². The minimum absolute atomic E-state index is 0.291. The number of anilines is 1. The number of fused-ring (bicyclic) bond motifs is 1. The number of nitrogens with one attached hydrogen (secondary N) is 1. The fraction of sp³-hybridized carbons (Fsp3) is 0.182. The molecule has 88 valence electrons. The Balaban J connectivity index is 2.11. The molecule has 6 heteroatoms. The van der Waals surface area contributed by atoms with Crippen molar-refractivity contribution in [2.45, 2.75) is 6.61 Å². The normalized spacial score (nSPS) is 14.2. The lowest BCUT2D eigenvalue weighted by molar-refractivity contribution is -0.0163. The topological polar surface area (TPSA) is 73.2 Å². The van der Waals surface area contributed by atoms with E-state index in [1.54, 1.807) is 6.07 Å². The lowest BCUT2D eigenvalue weighted by atomic mass is 10.1. The first-order chi connectivity index (χ1) is 8.24. The van der Waals surface area contributed by atoms with Crippen LogP contribution < -0.4 is 10.5 Å². The number of ether oxygens (including phenoxy) is 2. The highest BCUT2D eigenvalue weighted by Gasteiger charge is 2.15. The minimum Gasteiger partial charge on any atom is -0.467 e. The first-order valence-corrected chi connectivity index (χ1v) is 5.87. The molecular weight excluding hydrogens is 286 g/mol. The summed E-state index contributed by atoms with van der Waals surface area (Å²) in [5, 5.41) is 6.79. The molecule has 0 spiro atoms. The highest BCUT2D eigenvalue weighted by molar-refractivity contribution is 9.10. The molecule has 0 unspecified atom stereocenters. The van der Waals surface area contributed by atoms with E-state index >= 15 is 0 Å². The van der Waals surface area contributed by atoms with E-state index < -0.39 is 0 Å². The maximum atomic E-state index is 5.59. The van der Waals surface area contributed by atoms with Crippen molar-refractivity contribution < 1.29 is 9.47 Å². The van der Waals surface area contributed by atoms with Gasteiger partial charge in [0, 0.05) is 21.7 Å². The zero-order valence-electron chi connectivity index (χ0n) is 8.87. The van der Waals surface area contributed by atoms with Gasteiger partial charge in [-0.25, -0.2) is 0 Å². The monoisotopic (exact) mass is 295 g/mol. The maximum absolute atomic E-state index is 5.59. The third-order valence-electron chi connectivity index (χ3n) is 2.59. The van der Waals surface area contributed by atoms with Gasteiger partial charge in [-0.05, 0) is 12.1 Å². The van der Waals surface area contributed by atoms with E-state index in [1.807, 2.05) is 12.1 Å². The molecule has 0 atom stereocenters. The van der Waals surface area contributed by atoms with Crippen LogP contribution in [0.3, 0.4) is 0 Å². The van der Waals surface area contributed by atoms with Crippen LogP contribution in [0.2, 0.25) is 0 Å². The second-order valence-corrected chi connectivity index (χ2v) is 4.61. The first-order valence-electron chi connectivity index (χ1n) is 5.08. The molecular formula is C11H10BrN3O2. The van der Waals surface area contributed by atoms with Crippen LogP contribution in [-0.2, 0) is 11.3 Å². The predicted octanol–water partition coefficient (Wildman–Crippen LogP) is 2.29. The molecule has 17 heavy (non-hydrogen) atoms. The molecule has 1 aliphatic heterocycles. The fourth-order valence-corrected chi connectivity index (χ4v) is 2.38. The third-order valence-corrected chi connectivity index (χ3v) is 3.25. The van der Waals surface area contributed by atoms with Gasteiger partial charge in [0.15, 0.2) is 6.79 Å². The second-order valence-electron chi connectivity index (χ2n) is 3.76. The largest absolute Gasteiger partial charge is 0.467 e. The van der Waals surface area contributed by atoms with Crippen molar-refractivity contribution in [3.8, 4) is 17.0 Å². The van der Waals surface area contributed by atoms with E-state index in [1.165, 1.54) is 0 Å². The van der Waals surface area contributed by atoms with Gasteiger partial charge >= 0.3 is 0 Å². The highest BCUT2D eigenvalue weighted by Crippen LogP contribution is 2.35. The quantitative estimate of drug-likeness (QED) is 0.847. The molecule has 1 aliphatic rings. The summed E-state index contributed by atoms with van der Waals surface area (Å²) in [5.41, 5.74) is 8.44. The van der Waals surface area contributed by atoms with Gasteiger partial charge in [0.25, 0.3) is 0 Å². The zero-order chi connectivity index (χ0) is 11.8. The average Bonchev–Trinajstić information content (AvgIpc) is 2.75. The Morgan fingerprint density at radius 1 is 1.35 bits per heavy atom. The van der Waals surface area contributed by atoms with E-state index in [2.05, 4.69) is 26.1 Å². The molecule has 1 aromatic carbocycles. The minimum atomic E-state index is 0.291. The Bertz CT molecular complexity index is 568. The Kier molecular flexibility index (Phi) is 2.53. The number of nitrogens with zero attached hydrogens (tertiary/aromatic N) is 1. The lowest BCUT2D eigenvalue weighted by Crippen LogP contribution is -2.11. The van der Waals surface area contributed by atoms with E-state index in [0.717, 1.165) is 27.0 Å². The number of hydrogen-bond donors (Lipinski definition) is 2. The fourth-order valence-electron chi connectivity index (χ4n) is 1.78. The van der Waals surface area contributed by atoms with Crippen molar-refractivity contribution in [2.24, 2.45) is 0 Å². The Hall–Kier alpha value is -1.53. The maximum Gasteiger partial charge on any atom is 0.189 e. The van der Waals surface area contributed by atoms with E-state index in [0.29, 0.717) is 19.2 Å². The van der Waals surface area contributed by atoms with Gasteiger partial charge in [0.1, 0.15) is 11.6 Å². The Labute approximate surface area is 106 Å². The number of aromatic amines is 1. The Morgan fingerprint density at radius 2 is 2.24 bits per heavy atom. The summed E-state index contributed by atoms with van der Waals surface area (Å²) >= 11 is 3.52. The summed E-state index contributed by atoms with van der Waals surface area (Å²) in [6.45, 7) is 0.860. The van der Waals surface area contributed by atoms with Crippen molar-refractivity contribution in [3.05, 3.63) is 28.2 Å². The summed E-state index contributed by atoms with van der Waals surface area (Å²) in [6, 6.07) is 5.72. The number of nitrogen functional groups attached to an aromatic ring is 1. The number of H-pyrrole nitrogens is 1. The van der Waals surface area contributed by atoms with Crippen molar-refractivity contribution in [2.75, 3.05) is 12.5 Å². The molecule has 0 saturated carbocycles. The molecule has 0 saturated heterocycles. The number of benzene rings is 1. The van der Waals surface area contributed by atoms with E-state index in [4.69, 9.17) is 15.2 Å². The smallest absolute Gasteiger partial charge is 0.189 e. The standard InChI is InChI=1S/C11H10BrN3O2/c12-8-1-6-4-16-5-17-10(6)2-7(8)9-3-11(13)15-14-9/h1-3H,4-5H2,(H3,13,14,15). The molecule has 0 amide bonds. The highest BCUT2D eigenvalue weighted by atomic mass is 79.9. The number of aromatic nitrogens is 2. The number of halogens is 1. The van der Waals surface area contributed by atoms with Crippen molar-refractivity contribution in [1.82, 2.24) is 10.2 Å². The van der Waals surface area contributed by atoms with Gasteiger partial charge in [-0.15, -0.1) is 0 Å². The van der Waals surface area contributed by atoms with Crippen LogP contribution in [0, 0.1) is 0 Å². The molecule has 3 N–H and O–H groups in total. The van der Waals surface area contributed by atoms with Crippen LogP contribution in [0.1, 0.15) is 5.56 Å². The predicted molar refractivity (Wildman–Crippen MR) is 66.4 cm³/mol. The van der Waals surface area contributed by atoms with Gasteiger partial charge in [-0.1, -0.05) is 15.9 Å². The third kappa shape index (κ3) is 1.89. The number of hydrogen-bond acceptors (Lipinski definition) is 4. The molecule has 0 radical (unpaired) electrons. The molecule has 3 rings (SSSR count). The van der Waals surface area contributed by atoms with Gasteiger partial charge in [-0.3, -0.25) is 5.10 Å². The number of rotatable bonds is 1. The van der Waals surface area contributed by atoms with Crippen molar-refractivity contribution in [1.29, 1.82) is 0 Å². The molecule has 0 bridgehead atoms. The van der Waals surface area contributed by atoms with E-state index in [-0.39, 0.29) is 0 Å². The molecule has 1 aromatic heterocycles. The summed E-state index contributed by atoms with van der Waals surface area (Å²) in [6.07, 6.45) is 0. The average molecular weight is 296 g/mol. The zero-order valence-corrected chi connectivity index (χ0v) is 10.5. The Morgan fingerprint density at radius 3 is 3.00 bits per heavy atom. The van der Waals surface area contributed by atoms with Crippen LogP contribution in [0.4, 0.5) is 5.82 Å². The summed E-state index contributed by atoms with van der Waals surface area (Å²) in [5.74, 6) is 1.30. The molecule has 2 aromatic rings. The first kappa shape index (κ1) is 10.6. The van der Waals surface area contributed by atoms with Crippen LogP contribution in [-0.4, -0.2) is 17.0 Å².